The molecule has 0 aliphatic rings. The van der Waals surface area contributed by atoms with Crippen LogP contribution in [0.25, 0.3) is 0 Å². The number of hydrogen-bond acceptors (Lipinski definition) is 3. The standard InChI is InChI=1S/C24H28Cl2N2OS/c1-15(2)22-23(30-20-11-18(25)10-19(26)12-20)28(21(14-29)27-22)13-16-6-8-17(9-7-16)24(3,4)5/h6-12,15,29H,13-14H2,1-5H3. The number of imidazole rings is 1. The van der Waals surface area contributed by atoms with E-state index in [0.29, 0.717) is 22.4 Å². The third kappa shape index (κ3) is 5.42. The van der Waals surface area contributed by atoms with E-state index in [2.05, 4.69) is 63.5 Å². The van der Waals surface area contributed by atoms with Crippen LogP contribution in [0.2, 0.25) is 10.0 Å². The quantitative estimate of drug-likeness (QED) is 0.417. The van der Waals surface area contributed by atoms with Crippen LogP contribution in [0.4, 0.5) is 0 Å². The predicted molar refractivity (Wildman–Crippen MR) is 127 cm³/mol. The third-order valence-electron chi connectivity index (χ3n) is 4.92. The van der Waals surface area contributed by atoms with Crippen molar-refractivity contribution >= 4 is 35.0 Å². The SMILES string of the molecule is CC(C)c1nc(CO)n(Cc2ccc(C(C)(C)C)cc2)c1Sc1cc(Cl)cc(Cl)c1. The molecule has 0 saturated heterocycles. The molecule has 3 rings (SSSR count). The highest BCUT2D eigenvalue weighted by Gasteiger charge is 2.21. The Morgan fingerprint density at radius 3 is 2.13 bits per heavy atom. The van der Waals surface area contributed by atoms with Crippen LogP contribution >= 0.6 is 35.0 Å². The van der Waals surface area contributed by atoms with Crippen LogP contribution in [0.3, 0.4) is 0 Å². The van der Waals surface area contributed by atoms with Gasteiger partial charge in [-0.15, -0.1) is 0 Å². The van der Waals surface area contributed by atoms with E-state index in [0.717, 1.165) is 21.2 Å². The molecule has 0 fully saturated rings. The van der Waals surface area contributed by atoms with Gasteiger partial charge in [-0.3, -0.25) is 0 Å². The molecule has 2 aromatic carbocycles. The number of hydrogen-bond donors (Lipinski definition) is 1. The van der Waals surface area contributed by atoms with Gasteiger partial charge in [0.15, 0.2) is 0 Å². The highest BCUT2D eigenvalue weighted by molar-refractivity contribution is 7.99. The maximum Gasteiger partial charge on any atom is 0.136 e. The van der Waals surface area contributed by atoms with E-state index in [-0.39, 0.29) is 17.9 Å². The summed E-state index contributed by atoms with van der Waals surface area (Å²) >= 11 is 14.0. The van der Waals surface area contributed by atoms with Crippen molar-refractivity contribution in [3.05, 3.63) is 75.2 Å². The number of nitrogens with zero attached hydrogens (tertiary/aromatic N) is 2. The van der Waals surface area contributed by atoms with Gasteiger partial charge in [0.1, 0.15) is 17.5 Å². The molecule has 30 heavy (non-hydrogen) atoms. The number of aromatic nitrogens is 2. The first-order valence-corrected chi connectivity index (χ1v) is 11.6. The summed E-state index contributed by atoms with van der Waals surface area (Å²) in [4.78, 5) is 5.70. The second-order valence-electron chi connectivity index (χ2n) is 8.77. The lowest BCUT2D eigenvalue weighted by Crippen LogP contribution is -2.11. The van der Waals surface area contributed by atoms with E-state index in [1.807, 2.05) is 12.1 Å². The summed E-state index contributed by atoms with van der Waals surface area (Å²) in [5.74, 6) is 0.881. The van der Waals surface area contributed by atoms with Gasteiger partial charge in [0.25, 0.3) is 0 Å². The molecule has 3 nitrogen and oxygen atoms in total. The third-order valence-corrected chi connectivity index (χ3v) is 6.46. The smallest absolute Gasteiger partial charge is 0.136 e. The zero-order valence-electron chi connectivity index (χ0n) is 18.0. The van der Waals surface area contributed by atoms with Gasteiger partial charge in [0.2, 0.25) is 0 Å². The largest absolute Gasteiger partial charge is 0.388 e. The van der Waals surface area contributed by atoms with E-state index < -0.39 is 0 Å². The first-order chi connectivity index (χ1) is 14.1. The molecular formula is C24H28Cl2N2OS. The van der Waals surface area contributed by atoms with Crippen LogP contribution in [0.15, 0.2) is 52.4 Å². The Labute approximate surface area is 193 Å². The zero-order valence-corrected chi connectivity index (χ0v) is 20.4. The number of rotatable bonds is 6. The molecule has 0 bridgehead atoms. The van der Waals surface area contributed by atoms with Crippen molar-refractivity contribution in [3.63, 3.8) is 0 Å². The summed E-state index contributed by atoms with van der Waals surface area (Å²) in [7, 11) is 0. The molecular weight excluding hydrogens is 435 g/mol. The highest BCUT2D eigenvalue weighted by Crippen LogP contribution is 2.37. The van der Waals surface area contributed by atoms with Gasteiger partial charge in [-0.05, 0) is 40.7 Å². The van der Waals surface area contributed by atoms with E-state index in [1.165, 1.54) is 5.56 Å². The van der Waals surface area contributed by atoms with Crippen LogP contribution in [0, 0.1) is 0 Å². The van der Waals surface area contributed by atoms with Crippen LogP contribution in [-0.2, 0) is 18.6 Å². The predicted octanol–water partition coefficient (Wildman–Crippen LogP) is 7.30. The molecule has 6 heteroatoms. The molecule has 1 heterocycles. The minimum Gasteiger partial charge on any atom is -0.388 e. The number of benzene rings is 2. The lowest BCUT2D eigenvalue weighted by atomic mass is 9.87. The summed E-state index contributed by atoms with van der Waals surface area (Å²) in [5.41, 5.74) is 3.54. The van der Waals surface area contributed by atoms with Gasteiger partial charge in [0, 0.05) is 21.5 Å². The molecule has 0 aliphatic carbocycles. The topological polar surface area (TPSA) is 38.1 Å². The van der Waals surface area contributed by atoms with E-state index >= 15 is 0 Å². The Bertz CT molecular complexity index is 1000. The van der Waals surface area contributed by atoms with Crippen LogP contribution in [0.1, 0.15) is 63.2 Å². The van der Waals surface area contributed by atoms with Gasteiger partial charge in [-0.1, -0.05) is 93.8 Å². The van der Waals surface area contributed by atoms with Crippen LogP contribution in [-0.4, -0.2) is 14.7 Å². The molecule has 1 aromatic heterocycles. The molecule has 1 N–H and O–H groups in total. The maximum absolute atomic E-state index is 9.99. The Balaban J connectivity index is 2.02. The average molecular weight is 463 g/mol. The summed E-state index contributed by atoms with van der Waals surface area (Å²) in [5, 5.41) is 12.2. The van der Waals surface area contributed by atoms with E-state index in [1.54, 1.807) is 17.8 Å². The molecule has 0 radical (unpaired) electrons. The van der Waals surface area contributed by atoms with Gasteiger partial charge in [0.05, 0.1) is 5.69 Å². The average Bonchev–Trinajstić information content (AvgIpc) is 2.98. The Morgan fingerprint density at radius 2 is 1.63 bits per heavy atom. The highest BCUT2D eigenvalue weighted by atomic mass is 35.5. The first kappa shape index (κ1) is 23.2. The monoisotopic (exact) mass is 462 g/mol. The zero-order chi connectivity index (χ0) is 22.1. The molecule has 160 valence electrons. The number of halogens is 2. The number of aliphatic hydroxyl groups is 1. The Hall–Kier alpha value is -1.46. The normalized spacial score (nSPS) is 12.0. The minimum absolute atomic E-state index is 0.113. The second kappa shape index (κ2) is 9.35. The van der Waals surface area contributed by atoms with Crippen LogP contribution in [0.5, 0.6) is 0 Å². The molecule has 0 unspecified atom stereocenters. The maximum atomic E-state index is 9.99. The first-order valence-electron chi connectivity index (χ1n) is 10.0. The molecule has 0 aliphatic heterocycles. The van der Waals surface area contributed by atoms with Crippen molar-refractivity contribution in [3.8, 4) is 0 Å². The fourth-order valence-corrected chi connectivity index (χ4v) is 5.18. The Kier molecular flexibility index (Phi) is 7.24. The van der Waals surface area contributed by atoms with E-state index in [9.17, 15) is 5.11 Å². The second-order valence-corrected chi connectivity index (χ2v) is 10.7. The van der Waals surface area contributed by atoms with Gasteiger partial charge in [-0.2, -0.15) is 0 Å². The Morgan fingerprint density at radius 1 is 1.03 bits per heavy atom. The molecule has 0 spiro atoms. The van der Waals surface area contributed by atoms with E-state index in [4.69, 9.17) is 28.2 Å². The summed E-state index contributed by atoms with van der Waals surface area (Å²) < 4.78 is 2.10. The van der Waals surface area contributed by atoms with Crippen molar-refractivity contribution in [1.82, 2.24) is 9.55 Å². The summed E-state index contributed by atoms with van der Waals surface area (Å²) in [6.45, 7) is 11.4. The summed E-state index contributed by atoms with van der Waals surface area (Å²) in [6.07, 6.45) is 0. The fraction of sp³-hybridized carbons (Fsp3) is 0.375. The van der Waals surface area contributed by atoms with Gasteiger partial charge in [-0.25, -0.2) is 4.98 Å². The van der Waals surface area contributed by atoms with Crippen molar-refractivity contribution in [2.24, 2.45) is 0 Å². The molecule has 0 atom stereocenters. The van der Waals surface area contributed by atoms with Gasteiger partial charge >= 0.3 is 0 Å². The lowest BCUT2D eigenvalue weighted by Gasteiger charge is -2.19. The molecule has 0 amide bonds. The fourth-order valence-electron chi connectivity index (χ4n) is 3.26. The molecule has 3 aromatic rings. The lowest BCUT2D eigenvalue weighted by molar-refractivity contribution is 0.265. The van der Waals surface area contributed by atoms with Crippen molar-refractivity contribution in [2.45, 2.75) is 69.0 Å². The van der Waals surface area contributed by atoms with Gasteiger partial charge < -0.3 is 9.67 Å². The van der Waals surface area contributed by atoms with Crippen molar-refractivity contribution < 1.29 is 5.11 Å². The van der Waals surface area contributed by atoms with Crippen molar-refractivity contribution in [2.75, 3.05) is 0 Å². The van der Waals surface area contributed by atoms with Crippen molar-refractivity contribution in [1.29, 1.82) is 0 Å². The summed E-state index contributed by atoms with van der Waals surface area (Å²) in [6, 6.07) is 14.2. The van der Waals surface area contributed by atoms with Crippen LogP contribution < -0.4 is 0 Å². The number of aliphatic hydroxyl groups excluding tert-OH is 1. The minimum atomic E-state index is -0.114. The molecule has 0 saturated carbocycles.